The highest BCUT2D eigenvalue weighted by Crippen LogP contribution is 2.19. The summed E-state index contributed by atoms with van der Waals surface area (Å²) in [6.07, 6.45) is 0.565. The molecule has 0 aliphatic rings. The minimum absolute atomic E-state index is 0.0235. The van der Waals surface area contributed by atoms with Gasteiger partial charge in [-0.2, -0.15) is 0 Å². The molecule has 0 fully saturated rings. The van der Waals surface area contributed by atoms with Gasteiger partial charge in [0, 0.05) is 5.56 Å². The Labute approximate surface area is 79.6 Å². The quantitative estimate of drug-likeness (QED) is 0.542. The third-order valence-electron chi connectivity index (χ3n) is 1.59. The van der Waals surface area contributed by atoms with Crippen LogP contribution in [0.5, 0.6) is 5.75 Å². The van der Waals surface area contributed by atoms with Crippen LogP contribution in [0.15, 0.2) is 18.2 Å². The van der Waals surface area contributed by atoms with Crippen LogP contribution in [0, 0.1) is 0 Å². The molecule has 0 saturated heterocycles. The van der Waals surface area contributed by atoms with Crippen LogP contribution in [0.3, 0.4) is 0 Å². The molecule has 0 saturated carbocycles. The summed E-state index contributed by atoms with van der Waals surface area (Å²) >= 11 is 0. The SMILES string of the molecule is O=Cc1ccc(C(=O)O)c(OCO)c1. The summed E-state index contributed by atoms with van der Waals surface area (Å²) in [5, 5.41) is 17.2. The van der Waals surface area contributed by atoms with Gasteiger partial charge in [0.15, 0.2) is 6.79 Å². The third-order valence-corrected chi connectivity index (χ3v) is 1.59. The Hall–Kier alpha value is -1.88. The number of aldehydes is 1. The minimum atomic E-state index is -1.18. The highest BCUT2D eigenvalue weighted by Gasteiger charge is 2.11. The van der Waals surface area contributed by atoms with E-state index in [1.165, 1.54) is 18.2 Å². The highest BCUT2D eigenvalue weighted by molar-refractivity contribution is 5.92. The van der Waals surface area contributed by atoms with Crippen molar-refractivity contribution >= 4 is 12.3 Å². The van der Waals surface area contributed by atoms with E-state index < -0.39 is 12.8 Å². The average Bonchev–Trinajstić information content (AvgIpc) is 2.17. The number of carboxylic acid groups (broad SMARTS) is 1. The van der Waals surface area contributed by atoms with Gasteiger partial charge in [-0.1, -0.05) is 6.07 Å². The first-order valence-electron chi connectivity index (χ1n) is 3.75. The van der Waals surface area contributed by atoms with E-state index in [1.807, 2.05) is 0 Å². The Morgan fingerprint density at radius 2 is 2.21 bits per heavy atom. The van der Waals surface area contributed by atoms with Gasteiger partial charge in [0.05, 0.1) is 0 Å². The Balaban J connectivity index is 3.16. The van der Waals surface area contributed by atoms with Gasteiger partial charge in [0.1, 0.15) is 17.6 Å². The lowest BCUT2D eigenvalue weighted by atomic mass is 10.1. The van der Waals surface area contributed by atoms with Crippen LogP contribution >= 0.6 is 0 Å². The number of carbonyl (C=O) groups excluding carboxylic acids is 1. The molecule has 1 aromatic carbocycles. The first kappa shape index (κ1) is 10.2. The number of rotatable bonds is 4. The number of benzene rings is 1. The zero-order valence-corrected chi connectivity index (χ0v) is 7.14. The second-order valence-corrected chi connectivity index (χ2v) is 2.45. The Morgan fingerprint density at radius 1 is 1.50 bits per heavy atom. The van der Waals surface area contributed by atoms with Crippen LogP contribution in [0.1, 0.15) is 20.7 Å². The van der Waals surface area contributed by atoms with Gasteiger partial charge in [-0.3, -0.25) is 4.79 Å². The van der Waals surface area contributed by atoms with E-state index in [4.69, 9.17) is 10.2 Å². The van der Waals surface area contributed by atoms with Crippen LogP contribution < -0.4 is 4.74 Å². The molecule has 0 amide bonds. The molecule has 5 nitrogen and oxygen atoms in total. The van der Waals surface area contributed by atoms with E-state index in [1.54, 1.807) is 0 Å². The van der Waals surface area contributed by atoms with Crippen molar-refractivity contribution in [3.8, 4) is 5.75 Å². The molecular formula is C9H8O5. The van der Waals surface area contributed by atoms with Gasteiger partial charge in [0.2, 0.25) is 0 Å². The lowest BCUT2D eigenvalue weighted by molar-refractivity contribution is 0.0674. The molecule has 0 spiro atoms. The summed E-state index contributed by atoms with van der Waals surface area (Å²) in [7, 11) is 0. The summed E-state index contributed by atoms with van der Waals surface area (Å²) in [4.78, 5) is 21.0. The predicted molar refractivity (Wildman–Crippen MR) is 46.5 cm³/mol. The van der Waals surface area contributed by atoms with Crippen molar-refractivity contribution < 1.29 is 24.5 Å². The summed E-state index contributed by atoms with van der Waals surface area (Å²) in [6, 6.07) is 3.87. The number of aliphatic hydroxyl groups excluding tert-OH is 1. The van der Waals surface area contributed by atoms with Crippen molar-refractivity contribution in [2.24, 2.45) is 0 Å². The number of aromatic carboxylic acids is 1. The molecule has 74 valence electrons. The molecule has 0 aliphatic carbocycles. The molecule has 0 atom stereocenters. The van der Waals surface area contributed by atoms with Gasteiger partial charge >= 0.3 is 5.97 Å². The van der Waals surface area contributed by atoms with Crippen LogP contribution in [0.25, 0.3) is 0 Å². The van der Waals surface area contributed by atoms with Crippen LogP contribution in [0.4, 0.5) is 0 Å². The number of hydrogen-bond acceptors (Lipinski definition) is 4. The predicted octanol–water partition coefficient (Wildman–Crippen LogP) is 0.526. The molecular weight excluding hydrogens is 188 g/mol. The Kier molecular flexibility index (Phi) is 3.19. The number of aliphatic hydroxyl groups is 1. The third kappa shape index (κ3) is 2.08. The molecule has 14 heavy (non-hydrogen) atoms. The van der Waals surface area contributed by atoms with Crippen molar-refractivity contribution in [3.63, 3.8) is 0 Å². The topological polar surface area (TPSA) is 83.8 Å². The van der Waals surface area contributed by atoms with E-state index in [0.717, 1.165) is 0 Å². The fraction of sp³-hybridized carbons (Fsp3) is 0.111. The molecule has 0 unspecified atom stereocenters. The van der Waals surface area contributed by atoms with Gasteiger partial charge in [0.25, 0.3) is 0 Å². The zero-order valence-electron chi connectivity index (χ0n) is 7.14. The second-order valence-electron chi connectivity index (χ2n) is 2.45. The van der Waals surface area contributed by atoms with Gasteiger partial charge < -0.3 is 14.9 Å². The molecule has 0 heterocycles. The first-order chi connectivity index (χ1) is 6.69. The Bertz CT molecular complexity index is 358. The van der Waals surface area contributed by atoms with Crippen LogP contribution in [-0.2, 0) is 0 Å². The molecule has 1 aromatic rings. The molecule has 0 radical (unpaired) electrons. The lowest BCUT2D eigenvalue weighted by Crippen LogP contribution is -2.04. The van der Waals surface area contributed by atoms with E-state index in [2.05, 4.69) is 4.74 Å². The highest BCUT2D eigenvalue weighted by atomic mass is 16.6. The fourth-order valence-electron chi connectivity index (χ4n) is 0.978. The van der Waals surface area contributed by atoms with Crippen LogP contribution in [0.2, 0.25) is 0 Å². The van der Waals surface area contributed by atoms with Gasteiger partial charge in [-0.25, -0.2) is 4.79 Å². The van der Waals surface area contributed by atoms with Crippen molar-refractivity contribution in [2.45, 2.75) is 0 Å². The number of hydrogen-bond donors (Lipinski definition) is 2. The molecule has 0 aromatic heterocycles. The van der Waals surface area contributed by atoms with E-state index in [0.29, 0.717) is 11.8 Å². The monoisotopic (exact) mass is 196 g/mol. The van der Waals surface area contributed by atoms with E-state index >= 15 is 0 Å². The first-order valence-corrected chi connectivity index (χ1v) is 3.75. The maximum absolute atomic E-state index is 10.6. The smallest absolute Gasteiger partial charge is 0.339 e. The largest absolute Gasteiger partial charge is 0.478 e. The van der Waals surface area contributed by atoms with Gasteiger partial charge in [-0.15, -0.1) is 0 Å². The van der Waals surface area contributed by atoms with E-state index in [9.17, 15) is 9.59 Å². The normalized spacial score (nSPS) is 9.50. The summed E-state index contributed by atoms with van der Waals surface area (Å²) in [6.45, 7) is -0.636. The van der Waals surface area contributed by atoms with Crippen LogP contribution in [-0.4, -0.2) is 29.3 Å². The number of ether oxygens (including phenoxy) is 1. The molecule has 5 heteroatoms. The van der Waals surface area contributed by atoms with Gasteiger partial charge in [-0.05, 0) is 12.1 Å². The maximum atomic E-state index is 10.6. The molecule has 0 bridgehead atoms. The van der Waals surface area contributed by atoms with Crippen molar-refractivity contribution in [1.29, 1.82) is 0 Å². The molecule has 0 aliphatic heterocycles. The summed E-state index contributed by atoms with van der Waals surface area (Å²) in [5.74, 6) is -1.20. The standard InChI is InChI=1S/C9H8O5/c10-4-6-1-2-7(9(12)13)8(3-6)14-5-11/h1-4,11H,5H2,(H,12,13). The zero-order chi connectivity index (χ0) is 10.6. The number of carboxylic acids is 1. The van der Waals surface area contributed by atoms with Crippen molar-refractivity contribution in [1.82, 2.24) is 0 Å². The average molecular weight is 196 g/mol. The molecule has 2 N–H and O–H groups in total. The molecule has 1 rings (SSSR count). The minimum Gasteiger partial charge on any atom is -0.478 e. The van der Waals surface area contributed by atoms with Crippen molar-refractivity contribution in [2.75, 3.05) is 6.79 Å². The number of carbonyl (C=O) groups is 2. The van der Waals surface area contributed by atoms with Crippen molar-refractivity contribution in [3.05, 3.63) is 29.3 Å². The Morgan fingerprint density at radius 3 is 2.71 bits per heavy atom. The summed E-state index contributed by atoms with van der Waals surface area (Å²) < 4.78 is 4.66. The lowest BCUT2D eigenvalue weighted by Gasteiger charge is -2.06. The summed E-state index contributed by atoms with van der Waals surface area (Å²) in [5.41, 5.74) is 0.197. The maximum Gasteiger partial charge on any atom is 0.339 e. The fourth-order valence-corrected chi connectivity index (χ4v) is 0.978. The van der Waals surface area contributed by atoms with E-state index in [-0.39, 0.29) is 11.3 Å². The second kappa shape index (κ2) is 4.38.